The maximum Gasteiger partial charge on any atom is 0.328 e. The number of aromatic nitrogens is 3. The molecule has 0 spiro atoms. The third-order valence-corrected chi connectivity index (χ3v) is 2.74. The fraction of sp³-hybridized carbons (Fsp3) is 0.455. The number of hydrogen-bond acceptors (Lipinski definition) is 2. The molecule has 5 heteroatoms. The van der Waals surface area contributed by atoms with Crippen LogP contribution < -0.4 is 5.69 Å². The van der Waals surface area contributed by atoms with Gasteiger partial charge in [0.25, 0.3) is 0 Å². The Morgan fingerprint density at radius 3 is 2.50 bits per heavy atom. The Morgan fingerprint density at radius 1 is 1.31 bits per heavy atom. The minimum atomic E-state index is -1.56. The number of pyridine rings is 1. The second kappa shape index (κ2) is 3.17. The third-order valence-electron chi connectivity index (χ3n) is 2.74. The molecule has 0 aliphatic carbocycles. The molecule has 2 rings (SSSR count). The summed E-state index contributed by atoms with van der Waals surface area (Å²) >= 11 is 0. The Kier molecular flexibility index (Phi) is 2.15. The minimum Gasteiger partial charge on any atom is -0.295 e. The summed E-state index contributed by atoms with van der Waals surface area (Å²) in [7, 11) is 3.29. The van der Waals surface area contributed by atoms with E-state index in [1.165, 1.54) is 29.2 Å². The molecule has 86 valence electrons. The Morgan fingerprint density at radius 2 is 1.94 bits per heavy atom. The van der Waals surface area contributed by atoms with Crippen molar-refractivity contribution in [2.45, 2.75) is 19.5 Å². The van der Waals surface area contributed by atoms with Crippen molar-refractivity contribution in [2.75, 3.05) is 0 Å². The zero-order valence-electron chi connectivity index (χ0n) is 9.78. The average molecular weight is 223 g/mol. The van der Waals surface area contributed by atoms with Crippen LogP contribution in [0.15, 0.2) is 17.1 Å². The zero-order valence-corrected chi connectivity index (χ0v) is 9.78. The molecule has 0 saturated carbocycles. The first-order valence-electron chi connectivity index (χ1n) is 5.04. The number of aryl methyl sites for hydroxylation is 2. The van der Waals surface area contributed by atoms with Crippen molar-refractivity contribution in [3.8, 4) is 0 Å². The predicted octanol–water partition coefficient (Wildman–Crippen LogP) is 1.48. The van der Waals surface area contributed by atoms with Crippen molar-refractivity contribution >= 4 is 11.0 Å². The van der Waals surface area contributed by atoms with E-state index in [0.29, 0.717) is 16.7 Å². The minimum absolute atomic E-state index is 0.173. The molecule has 0 bridgehead atoms. The molecule has 0 N–H and O–H groups in total. The fourth-order valence-corrected chi connectivity index (χ4v) is 1.90. The van der Waals surface area contributed by atoms with Crippen LogP contribution in [0.5, 0.6) is 0 Å². The second-order valence-electron chi connectivity index (χ2n) is 4.40. The molecule has 0 saturated heterocycles. The van der Waals surface area contributed by atoms with Gasteiger partial charge in [0.15, 0.2) is 0 Å². The summed E-state index contributed by atoms with van der Waals surface area (Å²) in [5.74, 6) is 0. The standard InChI is InChI=1S/C11H14FN3O/c1-11(2,12)9-8-7(5-6-13-9)14(3)10(16)15(8)4/h5-6H,1-4H3. The van der Waals surface area contributed by atoms with Gasteiger partial charge in [0, 0.05) is 20.3 Å². The van der Waals surface area contributed by atoms with Crippen LogP contribution in [0.25, 0.3) is 11.0 Å². The lowest BCUT2D eigenvalue weighted by atomic mass is 10.1. The zero-order chi connectivity index (χ0) is 12.1. The summed E-state index contributed by atoms with van der Waals surface area (Å²) in [6, 6.07) is 1.71. The van der Waals surface area contributed by atoms with Gasteiger partial charge in [0.05, 0.1) is 11.0 Å². The summed E-state index contributed by atoms with van der Waals surface area (Å²) in [6.07, 6.45) is 1.53. The maximum absolute atomic E-state index is 14.0. The molecular formula is C11H14FN3O. The summed E-state index contributed by atoms with van der Waals surface area (Å²) in [5, 5.41) is 0. The highest BCUT2D eigenvalue weighted by atomic mass is 19.1. The van der Waals surface area contributed by atoms with Gasteiger partial charge in [-0.15, -0.1) is 0 Å². The number of hydrogen-bond donors (Lipinski definition) is 0. The van der Waals surface area contributed by atoms with Crippen molar-refractivity contribution < 1.29 is 4.39 Å². The van der Waals surface area contributed by atoms with Crippen LogP contribution in [0.2, 0.25) is 0 Å². The van der Waals surface area contributed by atoms with E-state index in [2.05, 4.69) is 4.98 Å². The van der Waals surface area contributed by atoms with E-state index >= 15 is 0 Å². The number of fused-ring (bicyclic) bond motifs is 1. The van der Waals surface area contributed by atoms with Gasteiger partial charge in [-0.25, -0.2) is 9.18 Å². The smallest absolute Gasteiger partial charge is 0.295 e. The summed E-state index contributed by atoms with van der Waals surface area (Å²) in [6.45, 7) is 2.87. The molecule has 2 heterocycles. The molecule has 0 aromatic carbocycles. The highest BCUT2D eigenvalue weighted by Gasteiger charge is 2.26. The van der Waals surface area contributed by atoms with Gasteiger partial charge in [0.1, 0.15) is 11.4 Å². The Labute approximate surface area is 92.3 Å². The van der Waals surface area contributed by atoms with Crippen LogP contribution in [-0.4, -0.2) is 14.1 Å². The molecule has 4 nitrogen and oxygen atoms in total. The summed E-state index contributed by atoms with van der Waals surface area (Å²) in [5.41, 5.74) is -0.185. The number of alkyl halides is 1. The third kappa shape index (κ3) is 1.35. The molecular weight excluding hydrogens is 209 g/mol. The normalized spacial score (nSPS) is 12.3. The highest BCUT2D eigenvalue weighted by Crippen LogP contribution is 2.28. The van der Waals surface area contributed by atoms with Crippen molar-refractivity contribution in [2.24, 2.45) is 14.1 Å². The van der Waals surface area contributed by atoms with Crippen molar-refractivity contribution in [3.05, 3.63) is 28.4 Å². The van der Waals surface area contributed by atoms with Crippen LogP contribution in [0, 0.1) is 0 Å². The van der Waals surface area contributed by atoms with Gasteiger partial charge < -0.3 is 0 Å². The van der Waals surface area contributed by atoms with Crippen molar-refractivity contribution in [1.29, 1.82) is 0 Å². The Bertz CT molecular complexity index is 604. The average Bonchev–Trinajstić information content (AvgIpc) is 2.43. The fourth-order valence-electron chi connectivity index (χ4n) is 1.90. The monoisotopic (exact) mass is 223 g/mol. The van der Waals surface area contributed by atoms with E-state index in [9.17, 15) is 9.18 Å². The molecule has 0 fully saturated rings. The molecule has 2 aromatic rings. The lowest BCUT2D eigenvalue weighted by molar-refractivity contribution is 0.216. The summed E-state index contributed by atoms with van der Waals surface area (Å²) < 4.78 is 16.9. The molecule has 0 aliphatic heterocycles. The molecule has 16 heavy (non-hydrogen) atoms. The Balaban J connectivity index is 2.99. The summed E-state index contributed by atoms with van der Waals surface area (Å²) in [4.78, 5) is 15.8. The molecule has 0 atom stereocenters. The quantitative estimate of drug-likeness (QED) is 0.734. The van der Waals surface area contributed by atoms with Gasteiger partial charge in [0.2, 0.25) is 0 Å². The maximum atomic E-state index is 14.0. The predicted molar refractivity (Wildman–Crippen MR) is 60.1 cm³/mol. The van der Waals surface area contributed by atoms with E-state index in [1.807, 2.05) is 0 Å². The number of rotatable bonds is 1. The largest absolute Gasteiger partial charge is 0.328 e. The van der Waals surface area contributed by atoms with E-state index in [1.54, 1.807) is 20.2 Å². The Hall–Kier alpha value is -1.65. The topological polar surface area (TPSA) is 39.8 Å². The van der Waals surface area contributed by atoms with E-state index < -0.39 is 5.67 Å². The van der Waals surface area contributed by atoms with Crippen molar-refractivity contribution in [3.63, 3.8) is 0 Å². The molecule has 2 aromatic heterocycles. The van der Waals surface area contributed by atoms with Gasteiger partial charge in [-0.05, 0) is 19.9 Å². The van der Waals surface area contributed by atoms with E-state index in [-0.39, 0.29) is 5.69 Å². The van der Waals surface area contributed by atoms with Crippen LogP contribution in [0.1, 0.15) is 19.5 Å². The van der Waals surface area contributed by atoms with Crippen molar-refractivity contribution in [1.82, 2.24) is 14.1 Å². The second-order valence-corrected chi connectivity index (χ2v) is 4.40. The van der Waals surface area contributed by atoms with Crippen LogP contribution in [-0.2, 0) is 19.8 Å². The van der Waals surface area contributed by atoms with Crippen LogP contribution >= 0.6 is 0 Å². The van der Waals surface area contributed by atoms with Gasteiger partial charge in [-0.2, -0.15) is 0 Å². The number of imidazole rings is 1. The van der Waals surface area contributed by atoms with E-state index in [4.69, 9.17) is 0 Å². The number of nitrogens with zero attached hydrogens (tertiary/aromatic N) is 3. The SMILES string of the molecule is Cn1c(=O)n(C)c2c(C(C)(C)F)nccc21. The van der Waals surface area contributed by atoms with Crippen LogP contribution in [0.3, 0.4) is 0 Å². The number of halogens is 1. The first-order valence-corrected chi connectivity index (χ1v) is 5.04. The lowest BCUT2D eigenvalue weighted by Crippen LogP contribution is -2.20. The molecule has 0 unspecified atom stereocenters. The molecule has 0 radical (unpaired) electrons. The molecule has 0 aliphatic rings. The van der Waals surface area contributed by atoms with Gasteiger partial charge in [-0.3, -0.25) is 14.1 Å². The van der Waals surface area contributed by atoms with Gasteiger partial charge >= 0.3 is 5.69 Å². The lowest BCUT2D eigenvalue weighted by Gasteiger charge is -2.14. The van der Waals surface area contributed by atoms with Gasteiger partial charge in [-0.1, -0.05) is 0 Å². The first-order chi connectivity index (χ1) is 7.34. The van der Waals surface area contributed by atoms with Crippen LogP contribution in [0.4, 0.5) is 4.39 Å². The van der Waals surface area contributed by atoms with E-state index in [0.717, 1.165) is 0 Å². The highest BCUT2D eigenvalue weighted by molar-refractivity contribution is 5.78. The molecule has 0 amide bonds. The first kappa shape index (κ1) is 10.9.